The summed E-state index contributed by atoms with van der Waals surface area (Å²) in [5, 5.41) is 7.29. The van der Waals surface area contributed by atoms with E-state index in [2.05, 4.69) is 36.2 Å². The third-order valence-electron chi connectivity index (χ3n) is 3.33. The van der Waals surface area contributed by atoms with Gasteiger partial charge in [-0.2, -0.15) is 5.10 Å². The molecule has 0 unspecified atom stereocenters. The van der Waals surface area contributed by atoms with Crippen molar-refractivity contribution in [3.05, 3.63) is 46.5 Å². The zero-order valence-electron chi connectivity index (χ0n) is 11.5. The van der Waals surface area contributed by atoms with Crippen LogP contribution >= 0.6 is 12.2 Å². The third-order valence-corrected chi connectivity index (χ3v) is 3.64. The Bertz CT molecular complexity index is 586. The van der Waals surface area contributed by atoms with Crippen LogP contribution in [0.5, 0.6) is 0 Å². The topological polar surface area (TPSA) is 42.8 Å². The van der Waals surface area contributed by atoms with Crippen LogP contribution in [0.2, 0.25) is 0 Å². The van der Waals surface area contributed by atoms with E-state index in [0.29, 0.717) is 17.9 Å². The van der Waals surface area contributed by atoms with Crippen LogP contribution in [0.25, 0.3) is 0 Å². The van der Waals surface area contributed by atoms with E-state index in [9.17, 15) is 0 Å². The number of hydrogen-bond acceptors (Lipinski definition) is 3. The van der Waals surface area contributed by atoms with E-state index in [4.69, 9.17) is 17.0 Å². The largest absolute Gasteiger partial charge is 0.383 e. The lowest BCUT2D eigenvalue weighted by Gasteiger charge is -2.25. The molecular formula is C14H19N3OS. The van der Waals surface area contributed by atoms with E-state index in [1.165, 1.54) is 5.56 Å². The minimum atomic E-state index is -0.206. The Morgan fingerprint density at radius 2 is 2.00 bits per heavy atom. The van der Waals surface area contributed by atoms with Gasteiger partial charge in [-0.25, -0.2) is 0 Å². The molecule has 0 spiro atoms. The van der Waals surface area contributed by atoms with Crippen LogP contribution in [-0.2, 0) is 16.7 Å². The fourth-order valence-electron chi connectivity index (χ4n) is 2.17. The van der Waals surface area contributed by atoms with Gasteiger partial charge in [0.25, 0.3) is 0 Å². The van der Waals surface area contributed by atoms with Gasteiger partial charge in [0.05, 0.1) is 13.2 Å². The minimum Gasteiger partial charge on any atom is -0.383 e. The maximum absolute atomic E-state index is 5.29. The molecule has 2 rings (SSSR count). The molecule has 2 aromatic rings. The summed E-state index contributed by atoms with van der Waals surface area (Å²) in [6.45, 7) is 5.62. The van der Waals surface area contributed by atoms with Gasteiger partial charge < -0.3 is 9.30 Å². The Kier molecular flexibility index (Phi) is 4.17. The van der Waals surface area contributed by atoms with Crippen LogP contribution in [-0.4, -0.2) is 28.5 Å². The normalized spacial score (nSPS) is 11.7. The molecule has 0 atom stereocenters. The molecule has 0 aliphatic heterocycles. The number of H-pyrrole nitrogens is 1. The monoisotopic (exact) mass is 277 g/mol. The third kappa shape index (κ3) is 2.77. The van der Waals surface area contributed by atoms with Crippen LogP contribution in [0.3, 0.4) is 0 Å². The molecule has 0 amide bonds. The Morgan fingerprint density at radius 1 is 1.32 bits per heavy atom. The number of methoxy groups -OCH3 is 1. The fraction of sp³-hybridized carbons (Fsp3) is 0.429. The van der Waals surface area contributed by atoms with Gasteiger partial charge >= 0.3 is 0 Å². The predicted molar refractivity (Wildman–Crippen MR) is 77.9 cm³/mol. The molecule has 1 aromatic heterocycles. The number of benzene rings is 1. The molecule has 0 saturated carbocycles. The summed E-state index contributed by atoms with van der Waals surface area (Å²) in [6, 6.07) is 10.3. The highest BCUT2D eigenvalue weighted by molar-refractivity contribution is 7.71. The van der Waals surface area contributed by atoms with Crippen molar-refractivity contribution in [2.75, 3.05) is 13.7 Å². The summed E-state index contributed by atoms with van der Waals surface area (Å²) < 4.78 is 7.78. The van der Waals surface area contributed by atoms with E-state index in [1.54, 1.807) is 7.11 Å². The summed E-state index contributed by atoms with van der Waals surface area (Å²) in [4.78, 5) is 0. The first-order valence-corrected chi connectivity index (χ1v) is 6.68. The van der Waals surface area contributed by atoms with E-state index in [1.807, 2.05) is 22.8 Å². The zero-order valence-corrected chi connectivity index (χ0v) is 12.3. The van der Waals surface area contributed by atoms with Crippen molar-refractivity contribution in [3.63, 3.8) is 0 Å². The van der Waals surface area contributed by atoms with E-state index < -0.39 is 0 Å². The first kappa shape index (κ1) is 14.0. The average molecular weight is 277 g/mol. The number of aromatic nitrogens is 3. The van der Waals surface area contributed by atoms with Gasteiger partial charge in [0, 0.05) is 12.5 Å². The molecule has 0 fully saturated rings. The number of rotatable bonds is 5. The van der Waals surface area contributed by atoms with Crippen molar-refractivity contribution in [1.29, 1.82) is 0 Å². The van der Waals surface area contributed by atoms with Gasteiger partial charge in [0.1, 0.15) is 5.82 Å². The molecule has 4 nitrogen and oxygen atoms in total. The van der Waals surface area contributed by atoms with Gasteiger partial charge in [-0.3, -0.25) is 5.10 Å². The van der Waals surface area contributed by atoms with Gasteiger partial charge in [-0.1, -0.05) is 30.3 Å². The molecule has 0 aliphatic rings. The maximum Gasteiger partial charge on any atom is 0.195 e. The molecule has 1 aromatic carbocycles. The number of hydrogen-bond donors (Lipinski definition) is 1. The highest BCUT2D eigenvalue weighted by Gasteiger charge is 2.28. The average Bonchev–Trinajstić information content (AvgIpc) is 2.79. The second kappa shape index (κ2) is 5.67. The molecule has 0 saturated heterocycles. The Balaban J connectivity index is 2.43. The van der Waals surface area contributed by atoms with Crippen molar-refractivity contribution >= 4 is 12.2 Å². The molecule has 5 heteroatoms. The molecule has 0 radical (unpaired) electrons. The van der Waals surface area contributed by atoms with E-state index in [0.717, 1.165) is 5.82 Å². The first-order chi connectivity index (χ1) is 9.07. The summed E-state index contributed by atoms with van der Waals surface area (Å²) >= 11 is 5.29. The van der Waals surface area contributed by atoms with Crippen LogP contribution < -0.4 is 0 Å². The van der Waals surface area contributed by atoms with Gasteiger partial charge in [-0.15, -0.1) is 0 Å². The number of ether oxygens (including phenoxy) is 1. The molecule has 1 heterocycles. The number of nitrogens with zero attached hydrogens (tertiary/aromatic N) is 2. The maximum atomic E-state index is 5.29. The smallest absolute Gasteiger partial charge is 0.195 e. The number of aromatic amines is 1. The van der Waals surface area contributed by atoms with Crippen molar-refractivity contribution in [2.24, 2.45) is 0 Å². The molecule has 19 heavy (non-hydrogen) atoms. The van der Waals surface area contributed by atoms with Crippen molar-refractivity contribution in [1.82, 2.24) is 14.8 Å². The zero-order chi connectivity index (χ0) is 13.9. The first-order valence-electron chi connectivity index (χ1n) is 6.27. The molecule has 0 aliphatic carbocycles. The second-order valence-electron chi connectivity index (χ2n) is 4.99. The Labute approximate surface area is 118 Å². The van der Waals surface area contributed by atoms with E-state index in [-0.39, 0.29) is 5.41 Å². The second-order valence-corrected chi connectivity index (χ2v) is 5.37. The standard InChI is InChI=1S/C14H19N3OS/c1-14(2,11-7-5-4-6-8-11)12-15-16-13(19)17(12)9-10-18-3/h4-8H,9-10H2,1-3H3,(H,16,19). The van der Waals surface area contributed by atoms with Crippen LogP contribution in [0.1, 0.15) is 25.2 Å². The lowest BCUT2D eigenvalue weighted by molar-refractivity contribution is 0.185. The quantitative estimate of drug-likeness (QED) is 0.855. The van der Waals surface area contributed by atoms with Gasteiger partial charge in [0.15, 0.2) is 4.77 Å². The Morgan fingerprint density at radius 3 is 2.63 bits per heavy atom. The molecule has 1 N–H and O–H groups in total. The van der Waals surface area contributed by atoms with Crippen LogP contribution in [0.4, 0.5) is 0 Å². The Hall–Kier alpha value is -1.46. The SMILES string of the molecule is COCCn1c(C(C)(C)c2ccccc2)n[nH]c1=S. The molecular weight excluding hydrogens is 258 g/mol. The summed E-state index contributed by atoms with van der Waals surface area (Å²) in [6.07, 6.45) is 0. The lowest BCUT2D eigenvalue weighted by atomic mass is 9.84. The van der Waals surface area contributed by atoms with Crippen molar-refractivity contribution in [2.45, 2.75) is 25.8 Å². The highest BCUT2D eigenvalue weighted by Crippen LogP contribution is 2.29. The summed E-state index contributed by atoms with van der Waals surface area (Å²) in [7, 11) is 1.69. The molecule has 102 valence electrons. The number of nitrogens with one attached hydrogen (secondary N) is 1. The lowest BCUT2D eigenvalue weighted by Crippen LogP contribution is -2.25. The summed E-state index contributed by atoms with van der Waals surface area (Å²) in [5.41, 5.74) is 1.01. The highest BCUT2D eigenvalue weighted by atomic mass is 32.1. The predicted octanol–water partition coefficient (Wildman–Crippen LogP) is 2.91. The van der Waals surface area contributed by atoms with Gasteiger partial charge in [0.2, 0.25) is 0 Å². The van der Waals surface area contributed by atoms with E-state index >= 15 is 0 Å². The van der Waals surface area contributed by atoms with Crippen molar-refractivity contribution in [3.8, 4) is 0 Å². The van der Waals surface area contributed by atoms with Gasteiger partial charge in [-0.05, 0) is 31.6 Å². The fourth-order valence-corrected chi connectivity index (χ4v) is 2.39. The van der Waals surface area contributed by atoms with Crippen molar-refractivity contribution < 1.29 is 4.74 Å². The molecule has 0 bridgehead atoms. The summed E-state index contributed by atoms with van der Waals surface area (Å²) in [5.74, 6) is 0.931. The van der Waals surface area contributed by atoms with Crippen LogP contribution in [0.15, 0.2) is 30.3 Å². The minimum absolute atomic E-state index is 0.206. The van der Waals surface area contributed by atoms with Crippen LogP contribution in [0, 0.1) is 4.77 Å².